The van der Waals surface area contributed by atoms with E-state index in [4.69, 9.17) is 5.11 Å². The van der Waals surface area contributed by atoms with Gasteiger partial charge in [0.2, 0.25) is 0 Å². The van der Waals surface area contributed by atoms with Gasteiger partial charge in [-0.3, -0.25) is 4.79 Å². The van der Waals surface area contributed by atoms with Crippen LogP contribution in [0, 0.1) is 11.8 Å². The number of rotatable bonds is 4. The van der Waals surface area contributed by atoms with E-state index in [1.54, 1.807) is 6.07 Å². The molecule has 1 aliphatic rings. The molecule has 0 aliphatic carbocycles. The summed E-state index contributed by atoms with van der Waals surface area (Å²) in [6.07, 6.45) is 0.910. The second-order valence-electron chi connectivity index (χ2n) is 5.56. The van der Waals surface area contributed by atoms with Crippen LogP contribution in [0.5, 0.6) is 0 Å². The van der Waals surface area contributed by atoms with Gasteiger partial charge in [-0.05, 0) is 30.4 Å². The van der Waals surface area contributed by atoms with Crippen LogP contribution in [-0.2, 0) is 21.2 Å². The Bertz CT molecular complexity index is 583. The fourth-order valence-electron chi connectivity index (χ4n) is 2.67. The molecule has 1 aromatic heterocycles. The van der Waals surface area contributed by atoms with Crippen molar-refractivity contribution < 1.29 is 18.3 Å². The molecule has 2 atom stereocenters. The third kappa shape index (κ3) is 3.39. The molecule has 0 radical (unpaired) electrons. The highest BCUT2D eigenvalue weighted by Crippen LogP contribution is 2.30. The van der Waals surface area contributed by atoms with Crippen LogP contribution in [0.2, 0.25) is 0 Å². The lowest BCUT2D eigenvalue weighted by Gasteiger charge is -2.33. The van der Waals surface area contributed by atoms with Gasteiger partial charge in [0.15, 0.2) is 0 Å². The van der Waals surface area contributed by atoms with Crippen molar-refractivity contribution in [2.24, 2.45) is 11.8 Å². The standard InChI is InChI=1S/C13H19NO4S2/c1-9-5-10(2)8-14(7-9)20(17,18)13-4-3-11(19-13)6-12(15)16/h3-4,9-10H,5-8H2,1-2H3,(H,15,16). The Balaban J connectivity index is 2.21. The lowest BCUT2D eigenvalue weighted by atomic mass is 9.94. The third-order valence-electron chi connectivity index (χ3n) is 3.39. The van der Waals surface area contributed by atoms with Gasteiger partial charge >= 0.3 is 5.97 Å². The monoisotopic (exact) mass is 317 g/mol. The van der Waals surface area contributed by atoms with Gasteiger partial charge in [0.1, 0.15) is 4.21 Å². The number of aliphatic carboxylic acids is 1. The Hall–Kier alpha value is -0.920. The molecule has 1 saturated heterocycles. The van der Waals surface area contributed by atoms with E-state index in [1.807, 2.05) is 0 Å². The van der Waals surface area contributed by atoms with Crippen molar-refractivity contribution >= 4 is 27.3 Å². The fraction of sp³-hybridized carbons (Fsp3) is 0.615. The van der Waals surface area contributed by atoms with Gasteiger partial charge in [-0.15, -0.1) is 11.3 Å². The summed E-state index contributed by atoms with van der Waals surface area (Å²) in [6, 6.07) is 3.10. The minimum Gasteiger partial charge on any atom is -0.481 e. The normalized spacial score (nSPS) is 24.7. The first-order chi connectivity index (χ1) is 9.29. The average Bonchev–Trinajstić information content (AvgIpc) is 2.75. The van der Waals surface area contributed by atoms with Crippen LogP contribution in [0.25, 0.3) is 0 Å². The first-order valence-electron chi connectivity index (χ1n) is 6.59. The predicted molar refractivity (Wildman–Crippen MR) is 77.4 cm³/mol. The smallest absolute Gasteiger partial charge is 0.308 e. The molecule has 2 heterocycles. The molecular weight excluding hydrogens is 298 g/mol. The van der Waals surface area contributed by atoms with Crippen LogP contribution >= 0.6 is 11.3 Å². The molecule has 0 amide bonds. The number of nitrogens with zero attached hydrogens (tertiary/aromatic N) is 1. The largest absolute Gasteiger partial charge is 0.481 e. The Labute approximate surface area is 123 Å². The predicted octanol–water partition coefficient (Wildman–Crippen LogP) is 2.04. The number of carboxylic acids is 1. The molecule has 7 heteroatoms. The SMILES string of the molecule is CC1CC(C)CN(S(=O)(=O)c2ccc(CC(=O)O)s2)C1. The molecule has 112 valence electrons. The van der Waals surface area contributed by atoms with E-state index in [2.05, 4.69) is 13.8 Å². The van der Waals surface area contributed by atoms with Crippen molar-refractivity contribution in [1.82, 2.24) is 4.31 Å². The highest BCUT2D eigenvalue weighted by atomic mass is 32.2. The van der Waals surface area contributed by atoms with Crippen molar-refractivity contribution in [3.05, 3.63) is 17.0 Å². The summed E-state index contributed by atoms with van der Waals surface area (Å²) in [4.78, 5) is 11.2. The van der Waals surface area contributed by atoms with E-state index < -0.39 is 16.0 Å². The van der Waals surface area contributed by atoms with Gasteiger partial charge in [0, 0.05) is 18.0 Å². The van der Waals surface area contributed by atoms with Crippen LogP contribution in [0.15, 0.2) is 16.3 Å². The lowest BCUT2D eigenvalue weighted by molar-refractivity contribution is -0.136. The van der Waals surface area contributed by atoms with Crippen molar-refractivity contribution in [2.45, 2.75) is 30.9 Å². The zero-order chi connectivity index (χ0) is 14.9. The van der Waals surface area contributed by atoms with Gasteiger partial charge < -0.3 is 5.11 Å². The van der Waals surface area contributed by atoms with E-state index in [9.17, 15) is 13.2 Å². The second-order valence-corrected chi connectivity index (χ2v) is 8.89. The van der Waals surface area contributed by atoms with E-state index in [0.717, 1.165) is 17.8 Å². The molecule has 1 aliphatic heterocycles. The quantitative estimate of drug-likeness (QED) is 0.922. The highest BCUT2D eigenvalue weighted by Gasteiger charge is 2.32. The third-order valence-corrected chi connectivity index (χ3v) is 6.78. The number of thiophene rings is 1. The van der Waals surface area contributed by atoms with E-state index >= 15 is 0 Å². The maximum atomic E-state index is 12.6. The van der Waals surface area contributed by atoms with Crippen LogP contribution in [0.1, 0.15) is 25.1 Å². The molecule has 5 nitrogen and oxygen atoms in total. The zero-order valence-electron chi connectivity index (χ0n) is 11.6. The number of sulfonamides is 1. The molecule has 0 spiro atoms. The summed E-state index contributed by atoms with van der Waals surface area (Å²) >= 11 is 1.05. The van der Waals surface area contributed by atoms with Gasteiger partial charge in [0.25, 0.3) is 10.0 Å². The molecule has 0 bridgehead atoms. The molecule has 1 aromatic rings. The molecule has 2 unspecified atom stereocenters. The molecule has 1 N–H and O–H groups in total. The molecule has 20 heavy (non-hydrogen) atoms. The van der Waals surface area contributed by atoms with Gasteiger partial charge in [0.05, 0.1) is 6.42 Å². The highest BCUT2D eigenvalue weighted by molar-refractivity contribution is 7.91. The lowest BCUT2D eigenvalue weighted by Crippen LogP contribution is -2.42. The maximum absolute atomic E-state index is 12.6. The first-order valence-corrected chi connectivity index (χ1v) is 8.85. The van der Waals surface area contributed by atoms with E-state index in [-0.39, 0.29) is 10.6 Å². The molecule has 1 fully saturated rings. The van der Waals surface area contributed by atoms with E-state index in [1.165, 1.54) is 10.4 Å². The van der Waals surface area contributed by atoms with Gasteiger partial charge in [-0.25, -0.2) is 8.42 Å². The summed E-state index contributed by atoms with van der Waals surface area (Å²) < 4.78 is 26.9. The summed E-state index contributed by atoms with van der Waals surface area (Å²) in [5.74, 6) is -0.241. The topological polar surface area (TPSA) is 74.7 Å². The van der Waals surface area contributed by atoms with E-state index in [0.29, 0.717) is 29.8 Å². The van der Waals surface area contributed by atoms with Crippen LogP contribution < -0.4 is 0 Å². The van der Waals surface area contributed by atoms with Gasteiger partial charge in [-0.2, -0.15) is 4.31 Å². The summed E-state index contributed by atoms with van der Waals surface area (Å²) in [7, 11) is -3.48. The molecule has 2 rings (SSSR count). The van der Waals surface area contributed by atoms with Crippen LogP contribution in [0.4, 0.5) is 0 Å². The number of carboxylic acid groups (broad SMARTS) is 1. The molecular formula is C13H19NO4S2. The fourth-order valence-corrected chi connectivity index (χ4v) is 5.85. The number of carbonyl (C=O) groups is 1. The Kier molecular flexibility index (Phi) is 4.51. The zero-order valence-corrected chi connectivity index (χ0v) is 13.2. The maximum Gasteiger partial charge on any atom is 0.308 e. The summed E-state index contributed by atoms with van der Waals surface area (Å²) in [5.41, 5.74) is 0. The van der Waals surface area contributed by atoms with Crippen molar-refractivity contribution in [1.29, 1.82) is 0 Å². The minimum absolute atomic E-state index is 0.132. The first kappa shape index (κ1) is 15.5. The molecule has 0 aromatic carbocycles. The Morgan fingerprint density at radius 3 is 2.50 bits per heavy atom. The number of hydrogen-bond donors (Lipinski definition) is 1. The summed E-state index contributed by atoms with van der Waals surface area (Å²) in [6.45, 7) is 5.20. The number of piperidine rings is 1. The van der Waals surface area contributed by atoms with Crippen molar-refractivity contribution in [3.63, 3.8) is 0 Å². The second kappa shape index (κ2) is 5.83. The van der Waals surface area contributed by atoms with Crippen LogP contribution in [-0.4, -0.2) is 36.9 Å². The Morgan fingerprint density at radius 2 is 1.95 bits per heavy atom. The Morgan fingerprint density at radius 1 is 1.35 bits per heavy atom. The van der Waals surface area contributed by atoms with Crippen molar-refractivity contribution in [2.75, 3.05) is 13.1 Å². The number of hydrogen-bond acceptors (Lipinski definition) is 4. The van der Waals surface area contributed by atoms with Crippen LogP contribution in [0.3, 0.4) is 0 Å². The molecule has 0 saturated carbocycles. The van der Waals surface area contributed by atoms with Gasteiger partial charge in [-0.1, -0.05) is 13.8 Å². The van der Waals surface area contributed by atoms with Crippen molar-refractivity contribution in [3.8, 4) is 0 Å². The average molecular weight is 317 g/mol. The summed E-state index contributed by atoms with van der Waals surface area (Å²) in [5, 5.41) is 8.74. The minimum atomic E-state index is -3.48.